The van der Waals surface area contributed by atoms with Crippen LogP contribution in [0.2, 0.25) is 0 Å². The Morgan fingerprint density at radius 3 is 2.45 bits per heavy atom. The summed E-state index contributed by atoms with van der Waals surface area (Å²) in [6, 6.07) is 7.78. The maximum atomic E-state index is 12.5. The van der Waals surface area contributed by atoms with E-state index in [0.29, 0.717) is 25.6 Å². The van der Waals surface area contributed by atoms with Crippen LogP contribution in [0.15, 0.2) is 24.3 Å². The summed E-state index contributed by atoms with van der Waals surface area (Å²) in [6.45, 7) is 2.60. The van der Waals surface area contributed by atoms with Crippen molar-refractivity contribution in [3.63, 3.8) is 0 Å². The monoisotopic (exact) mass is 305 g/mol. The fraction of sp³-hybridized carbons (Fsp3) is 0.529. The minimum atomic E-state index is -0.245. The summed E-state index contributed by atoms with van der Waals surface area (Å²) < 4.78 is 10.0. The maximum absolute atomic E-state index is 12.5. The van der Waals surface area contributed by atoms with E-state index in [1.165, 1.54) is 0 Å². The number of esters is 1. The maximum Gasteiger partial charge on any atom is 0.307 e. The number of ether oxygens (including phenoxy) is 2. The minimum Gasteiger partial charge on any atom is -0.497 e. The van der Waals surface area contributed by atoms with Crippen LogP contribution in [0.25, 0.3) is 0 Å². The molecule has 2 rings (SSSR count). The molecule has 1 amide bonds. The molecule has 0 bridgehead atoms. The van der Waals surface area contributed by atoms with Crippen molar-refractivity contribution in [1.29, 1.82) is 0 Å². The molecule has 0 aliphatic heterocycles. The van der Waals surface area contributed by atoms with Gasteiger partial charge in [-0.15, -0.1) is 0 Å². The molecule has 0 unspecified atom stereocenters. The van der Waals surface area contributed by atoms with Gasteiger partial charge >= 0.3 is 5.97 Å². The van der Waals surface area contributed by atoms with Gasteiger partial charge in [-0.25, -0.2) is 0 Å². The summed E-state index contributed by atoms with van der Waals surface area (Å²) in [4.78, 5) is 25.7. The standard InChI is InChI=1S/C17H23NO4/c1-3-22-17(20)10-11-18(14-6-7-14)16(19)12-13-4-8-15(21-2)9-5-13/h4-5,8-9,14H,3,6-7,10-12H2,1-2H3. The van der Waals surface area contributed by atoms with Crippen LogP contribution >= 0.6 is 0 Å². The highest BCUT2D eigenvalue weighted by molar-refractivity contribution is 5.80. The number of nitrogens with zero attached hydrogens (tertiary/aromatic N) is 1. The first-order chi connectivity index (χ1) is 10.6. The van der Waals surface area contributed by atoms with Crippen molar-refractivity contribution in [2.75, 3.05) is 20.3 Å². The molecule has 120 valence electrons. The Morgan fingerprint density at radius 1 is 1.23 bits per heavy atom. The Hall–Kier alpha value is -2.04. The van der Waals surface area contributed by atoms with Crippen LogP contribution in [0, 0.1) is 0 Å². The summed E-state index contributed by atoms with van der Waals surface area (Å²) in [7, 11) is 1.62. The van der Waals surface area contributed by atoms with Crippen LogP contribution in [-0.2, 0) is 20.7 Å². The van der Waals surface area contributed by atoms with Crippen molar-refractivity contribution in [2.24, 2.45) is 0 Å². The zero-order chi connectivity index (χ0) is 15.9. The quantitative estimate of drug-likeness (QED) is 0.691. The molecular weight excluding hydrogens is 282 g/mol. The Kier molecular flexibility index (Phi) is 5.81. The van der Waals surface area contributed by atoms with Gasteiger partial charge in [-0.1, -0.05) is 12.1 Å². The summed E-state index contributed by atoms with van der Waals surface area (Å²) in [5.41, 5.74) is 0.951. The number of carbonyl (C=O) groups is 2. The summed E-state index contributed by atoms with van der Waals surface area (Å²) >= 11 is 0. The zero-order valence-electron chi connectivity index (χ0n) is 13.2. The van der Waals surface area contributed by atoms with Gasteiger partial charge in [0.15, 0.2) is 0 Å². The van der Waals surface area contributed by atoms with Crippen LogP contribution in [0.1, 0.15) is 31.7 Å². The van der Waals surface area contributed by atoms with E-state index in [9.17, 15) is 9.59 Å². The highest BCUT2D eigenvalue weighted by Gasteiger charge is 2.32. The minimum absolute atomic E-state index is 0.0666. The van der Waals surface area contributed by atoms with E-state index in [1.807, 2.05) is 29.2 Å². The highest BCUT2D eigenvalue weighted by Crippen LogP contribution is 2.27. The summed E-state index contributed by atoms with van der Waals surface area (Å²) in [5, 5.41) is 0. The molecular formula is C17H23NO4. The third kappa shape index (κ3) is 4.76. The molecule has 1 fully saturated rings. The molecule has 1 aliphatic carbocycles. The van der Waals surface area contributed by atoms with Crippen molar-refractivity contribution in [3.05, 3.63) is 29.8 Å². The topological polar surface area (TPSA) is 55.8 Å². The molecule has 0 saturated heterocycles. The molecule has 1 aromatic rings. The van der Waals surface area contributed by atoms with E-state index in [2.05, 4.69) is 0 Å². The van der Waals surface area contributed by atoms with Crippen LogP contribution in [0.5, 0.6) is 5.75 Å². The van der Waals surface area contributed by atoms with E-state index in [0.717, 1.165) is 24.2 Å². The fourth-order valence-electron chi connectivity index (χ4n) is 2.36. The van der Waals surface area contributed by atoms with Crippen LogP contribution in [-0.4, -0.2) is 43.1 Å². The fourth-order valence-corrected chi connectivity index (χ4v) is 2.36. The van der Waals surface area contributed by atoms with Gasteiger partial charge in [0.1, 0.15) is 5.75 Å². The zero-order valence-corrected chi connectivity index (χ0v) is 13.2. The number of hydrogen-bond donors (Lipinski definition) is 0. The van der Waals surface area contributed by atoms with Gasteiger partial charge in [0.25, 0.3) is 0 Å². The first-order valence-corrected chi connectivity index (χ1v) is 7.72. The molecule has 0 atom stereocenters. The molecule has 0 N–H and O–H groups in total. The second-order valence-corrected chi connectivity index (χ2v) is 5.40. The van der Waals surface area contributed by atoms with Crippen LogP contribution < -0.4 is 4.74 Å². The Bertz CT molecular complexity index is 508. The van der Waals surface area contributed by atoms with Gasteiger partial charge in [-0.05, 0) is 37.5 Å². The average Bonchev–Trinajstić information content (AvgIpc) is 3.33. The molecule has 1 saturated carbocycles. The molecule has 0 aromatic heterocycles. The largest absolute Gasteiger partial charge is 0.497 e. The number of amides is 1. The lowest BCUT2D eigenvalue weighted by Crippen LogP contribution is -2.36. The van der Waals surface area contributed by atoms with Crippen molar-refractivity contribution in [3.8, 4) is 5.75 Å². The third-order valence-corrected chi connectivity index (χ3v) is 3.68. The van der Waals surface area contributed by atoms with E-state index < -0.39 is 0 Å². The SMILES string of the molecule is CCOC(=O)CCN(C(=O)Cc1ccc(OC)cc1)C1CC1. The van der Waals surface area contributed by atoms with Crippen LogP contribution in [0.4, 0.5) is 0 Å². The summed E-state index contributed by atoms with van der Waals surface area (Å²) in [6.07, 6.45) is 2.66. The molecule has 0 heterocycles. The third-order valence-electron chi connectivity index (χ3n) is 3.68. The van der Waals surface area contributed by atoms with Gasteiger partial charge in [0.2, 0.25) is 5.91 Å². The first-order valence-electron chi connectivity index (χ1n) is 7.72. The Morgan fingerprint density at radius 2 is 1.91 bits per heavy atom. The van der Waals surface area contributed by atoms with Gasteiger partial charge in [0.05, 0.1) is 26.6 Å². The van der Waals surface area contributed by atoms with E-state index in [-0.39, 0.29) is 18.3 Å². The Labute approximate surface area is 131 Å². The molecule has 5 heteroatoms. The number of methoxy groups -OCH3 is 1. The van der Waals surface area contributed by atoms with E-state index >= 15 is 0 Å². The van der Waals surface area contributed by atoms with Crippen LogP contribution in [0.3, 0.4) is 0 Å². The smallest absolute Gasteiger partial charge is 0.307 e. The van der Waals surface area contributed by atoms with E-state index in [1.54, 1.807) is 14.0 Å². The van der Waals surface area contributed by atoms with Gasteiger partial charge in [-0.3, -0.25) is 9.59 Å². The van der Waals surface area contributed by atoms with Crippen molar-refractivity contribution in [2.45, 2.75) is 38.6 Å². The lowest BCUT2D eigenvalue weighted by Gasteiger charge is -2.22. The summed E-state index contributed by atoms with van der Waals surface area (Å²) in [5.74, 6) is 0.597. The predicted molar refractivity (Wildman–Crippen MR) is 82.7 cm³/mol. The van der Waals surface area contributed by atoms with Gasteiger partial charge in [0, 0.05) is 12.6 Å². The average molecular weight is 305 g/mol. The molecule has 0 spiro atoms. The Balaban J connectivity index is 1.90. The lowest BCUT2D eigenvalue weighted by atomic mass is 10.1. The highest BCUT2D eigenvalue weighted by atomic mass is 16.5. The molecule has 1 aromatic carbocycles. The molecule has 22 heavy (non-hydrogen) atoms. The van der Waals surface area contributed by atoms with Gasteiger partial charge < -0.3 is 14.4 Å². The number of carbonyl (C=O) groups excluding carboxylic acids is 2. The number of benzene rings is 1. The van der Waals surface area contributed by atoms with Gasteiger partial charge in [-0.2, -0.15) is 0 Å². The predicted octanol–water partition coefficient (Wildman–Crippen LogP) is 2.18. The van der Waals surface area contributed by atoms with Crippen molar-refractivity contribution >= 4 is 11.9 Å². The normalized spacial score (nSPS) is 13.5. The number of hydrogen-bond acceptors (Lipinski definition) is 4. The molecule has 0 radical (unpaired) electrons. The van der Waals surface area contributed by atoms with Crippen molar-refractivity contribution in [1.82, 2.24) is 4.90 Å². The molecule has 5 nitrogen and oxygen atoms in total. The molecule has 1 aliphatic rings. The van der Waals surface area contributed by atoms with E-state index in [4.69, 9.17) is 9.47 Å². The second kappa shape index (κ2) is 7.82. The first kappa shape index (κ1) is 16.3. The van der Waals surface area contributed by atoms with Crippen molar-refractivity contribution < 1.29 is 19.1 Å². The number of rotatable bonds is 8. The lowest BCUT2D eigenvalue weighted by molar-refractivity contribution is -0.144. The second-order valence-electron chi connectivity index (χ2n) is 5.40.